The number of thiocarbonyl (C=S) groups is 1. The van der Waals surface area contributed by atoms with Gasteiger partial charge in [0.25, 0.3) is 0 Å². The highest BCUT2D eigenvalue weighted by Crippen LogP contribution is 2.35. The van der Waals surface area contributed by atoms with Crippen LogP contribution in [0.1, 0.15) is 0 Å². The lowest BCUT2D eigenvalue weighted by molar-refractivity contribution is 0.415. The SMILES string of the molecule is COc1ccc(NC(=S)N=Nc2[nH]c3ccc(F)cc3c2O)cc1. The molecule has 0 unspecified atom stereocenters. The van der Waals surface area contributed by atoms with E-state index in [9.17, 15) is 9.50 Å². The van der Waals surface area contributed by atoms with Gasteiger partial charge in [0.2, 0.25) is 5.11 Å². The van der Waals surface area contributed by atoms with Crippen molar-refractivity contribution in [3.63, 3.8) is 0 Å². The molecule has 0 radical (unpaired) electrons. The molecule has 0 aliphatic carbocycles. The largest absolute Gasteiger partial charge is 0.504 e. The second-order valence-corrected chi connectivity index (χ2v) is 5.26. The van der Waals surface area contributed by atoms with Crippen molar-refractivity contribution in [3.8, 4) is 11.5 Å². The summed E-state index contributed by atoms with van der Waals surface area (Å²) in [7, 11) is 1.58. The molecule has 0 bridgehead atoms. The summed E-state index contributed by atoms with van der Waals surface area (Å²) in [6, 6.07) is 11.1. The normalized spacial score (nSPS) is 11.1. The van der Waals surface area contributed by atoms with Gasteiger partial charge in [-0.25, -0.2) is 4.39 Å². The highest BCUT2D eigenvalue weighted by Gasteiger charge is 2.10. The number of ether oxygens (including phenoxy) is 1. The highest BCUT2D eigenvalue weighted by molar-refractivity contribution is 7.80. The number of benzene rings is 2. The molecule has 3 rings (SSSR count). The van der Waals surface area contributed by atoms with Gasteiger partial charge in [-0.2, -0.15) is 0 Å². The lowest BCUT2D eigenvalue weighted by atomic mass is 10.2. The Kier molecular flexibility index (Phi) is 4.39. The van der Waals surface area contributed by atoms with Crippen molar-refractivity contribution in [1.29, 1.82) is 0 Å². The van der Waals surface area contributed by atoms with E-state index in [1.807, 2.05) is 0 Å². The number of nitrogens with one attached hydrogen (secondary N) is 2. The Hall–Kier alpha value is -3.00. The average Bonchev–Trinajstić information content (AvgIpc) is 2.89. The number of aromatic nitrogens is 1. The van der Waals surface area contributed by atoms with Crippen LogP contribution in [-0.2, 0) is 0 Å². The number of aromatic amines is 1. The number of rotatable bonds is 3. The molecular formula is C16H13FN4O2S. The number of aromatic hydroxyl groups is 1. The first-order valence-electron chi connectivity index (χ1n) is 6.94. The van der Waals surface area contributed by atoms with E-state index in [0.29, 0.717) is 10.9 Å². The van der Waals surface area contributed by atoms with Crippen LogP contribution in [0.25, 0.3) is 10.9 Å². The summed E-state index contributed by atoms with van der Waals surface area (Å²) in [4.78, 5) is 2.84. The second kappa shape index (κ2) is 6.63. The van der Waals surface area contributed by atoms with E-state index in [1.54, 1.807) is 31.4 Å². The Morgan fingerprint density at radius 2 is 2.00 bits per heavy atom. The number of hydrogen-bond acceptors (Lipinski definition) is 4. The molecule has 2 aromatic carbocycles. The van der Waals surface area contributed by atoms with Gasteiger partial charge in [0.05, 0.1) is 12.6 Å². The van der Waals surface area contributed by atoms with E-state index < -0.39 is 5.82 Å². The van der Waals surface area contributed by atoms with Gasteiger partial charge in [-0.1, -0.05) is 0 Å². The van der Waals surface area contributed by atoms with Crippen LogP contribution in [0.4, 0.5) is 15.9 Å². The third kappa shape index (κ3) is 3.33. The van der Waals surface area contributed by atoms with Crippen LogP contribution in [-0.4, -0.2) is 22.3 Å². The molecule has 0 atom stereocenters. The third-order valence-corrected chi connectivity index (χ3v) is 3.48. The first-order chi connectivity index (χ1) is 11.6. The van der Waals surface area contributed by atoms with Crippen molar-refractivity contribution in [3.05, 3.63) is 48.3 Å². The number of fused-ring (bicyclic) bond motifs is 1. The topological polar surface area (TPSA) is 82.0 Å². The van der Waals surface area contributed by atoms with Gasteiger partial charge in [0.1, 0.15) is 11.6 Å². The summed E-state index contributed by atoms with van der Waals surface area (Å²) in [5, 5.41) is 21.1. The standard InChI is InChI=1S/C16H13FN4O2S/c1-23-11-5-3-10(4-6-11)18-16(24)21-20-15-14(22)12-8-9(17)2-7-13(12)19-15/h2-8,19,22H,1H3,(H,18,24). The molecule has 0 amide bonds. The van der Waals surface area contributed by atoms with Crippen LogP contribution in [0.3, 0.4) is 0 Å². The average molecular weight is 344 g/mol. The van der Waals surface area contributed by atoms with Crippen molar-refractivity contribution in [1.82, 2.24) is 4.98 Å². The van der Waals surface area contributed by atoms with Crippen molar-refractivity contribution in [2.45, 2.75) is 0 Å². The molecule has 0 spiro atoms. The molecule has 3 N–H and O–H groups in total. The van der Waals surface area contributed by atoms with Crippen molar-refractivity contribution < 1.29 is 14.2 Å². The predicted molar refractivity (Wildman–Crippen MR) is 93.7 cm³/mol. The van der Waals surface area contributed by atoms with Crippen LogP contribution in [0, 0.1) is 5.82 Å². The minimum absolute atomic E-state index is 0.106. The molecule has 8 heteroatoms. The van der Waals surface area contributed by atoms with Crippen LogP contribution in [0.15, 0.2) is 52.7 Å². The molecule has 1 aromatic heterocycles. The molecule has 122 valence electrons. The van der Waals surface area contributed by atoms with Crippen molar-refractivity contribution in [2.24, 2.45) is 10.2 Å². The van der Waals surface area contributed by atoms with Crippen molar-refractivity contribution in [2.75, 3.05) is 12.4 Å². The first-order valence-corrected chi connectivity index (χ1v) is 7.34. The zero-order valence-electron chi connectivity index (χ0n) is 12.6. The van der Waals surface area contributed by atoms with Gasteiger partial charge < -0.3 is 20.1 Å². The number of azo groups is 1. The lowest BCUT2D eigenvalue weighted by Gasteiger charge is -2.04. The first kappa shape index (κ1) is 15.9. The molecule has 0 saturated heterocycles. The molecule has 6 nitrogen and oxygen atoms in total. The van der Waals surface area contributed by atoms with E-state index in [4.69, 9.17) is 17.0 Å². The lowest BCUT2D eigenvalue weighted by Crippen LogP contribution is -2.04. The fourth-order valence-corrected chi connectivity index (χ4v) is 2.28. The zero-order chi connectivity index (χ0) is 17.1. The second-order valence-electron chi connectivity index (χ2n) is 4.87. The minimum atomic E-state index is -0.447. The smallest absolute Gasteiger partial charge is 0.218 e. The Labute approximate surface area is 142 Å². The van der Waals surface area contributed by atoms with Gasteiger partial charge in [0.15, 0.2) is 11.6 Å². The maximum absolute atomic E-state index is 13.2. The zero-order valence-corrected chi connectivity index (χ0v) is 13.4. The molecule has 3 aromatic rings. The molecule has 0 fully saturated rings. The highest BCUT2D eigenvalue weighted by atomic mass is 32.1. The van der Waals surface area contributed by atoms with Crippen LogP contribution in [0.2, 0.25) is 0 Å². The van der Waals surface area contributed by atoms with E-state index in [2.05, 4.69) is 20.5 Å². The maximum Gasteiger partial charge on any atom is 0.218 e. The molecule has 24 heavy (non-hydrogen) atoms. The maximum atomic E-state index is 13.2. The summed E-state index contributed by atoms with van der Waals surface area (Å²) in [5.74, 6) is 0.204. The summed E-state index contributed by atoms with van der Waals surface area (Å²) in [6.45, 7) is 0. The summed E-state index contributed by atoms with van der Waals surface area (Å²) in [6.07, 6.45) is 0. The number of methoxy groups -OCH3 is 1. The molecule has 1 heterocycles. The number of nitrogens with zero attached hydrogens (tertiary/aromatic N) is 2. The van der Waals surface area contributed by atoms with E-state index in [1.165, 1.54) is 18.2 Å². The van der Waals surface area contributed by atoms with Gasteiger partial charge in [-0.3, -0.25) is 0 Å². The number of H-pyrrole nitrogens is 1. The van der Waals surface area contributed by atoms with Crippen LogP contribution < -0.4 is 10.1 Å². The molecule has 0 aliphatic heterocycles. The van der Waals surface area contributed by atoms with E-state index in [0.717, 1.165) is 11.4 Å². The Bertz CT molecular complexity index is 922. The monoisotopic (exact) mass is 344 g/mol. The van der Waals surface area contributed by atoms with E-state index >= 15 is 0 Å². The number of anilines is 1. The third-order valence-electron chi connectivity index (χ3n) is 3.30. The summed E-state index contributed by atoms with van der Waals surface area (Å²) in [5.41, 5.74) is 1.28. The summed E-state index contributed by atoms with van der Waals surface area (Å²) < 4.78 is 18.3. The predicted octanol–water partition coefficient (Wildman–Crippen LogP) is 4.50. The van der Waals surface area contributed by atoms with Gasteiger partial charge in [0, 0.05) is 11.1 Å². The number of halogens is 1. The van der Waals surface area contributed by atoms with Crippen LogP contribution in [0.5, 0.6) is 11.5 Å². The summed E-state index contributed by atoms with van der Waals surface area (Å²) >= 11 is 5.08. The quantitative estimate of drug-likeness (QED) is 0.482. The van der Waals surface area contributed by atoms with Crippen LogP contribution >= 0.6 is 12.2 Å². The van der Waals surface area contributed by atoms with E-state index in [-0.39, 0.29) is 16.7 Å². The van der Waals surface area contributed by atoms with Crippen molar-refractivity contribution >= 4 is 39.7 Å². The number of hydrogen-bond donors (Lipinski definition) is 3. The minimum Gasteiger partial charge on any atom is -0.504 e. The van der Waals surface area contributed by atoms with Gasteiger partial charge in [-0.15, -0.1) is 10.2 Å². The fourth-order valence-electron chi connectivity index (χ4n) is 2.13. The fraction of sp³-hybridized carbons (Fsp3) is 0.0625. The Morgan fingerprint density at radius 1 is 1.25 bits per heavy atom. The molecule has 0 saturated carbocycles. The Morgan fingerprint density at radius 3 is 2.71 bits per heavy atom. The Balaban J connectivity index is 1.75. The molecule has 0 aliphatic rings. The van der Waals surface area contributed by atoms with Gasteiger partial charge >= 0.3 is 0 Å². The molecular weight excluding hydrogens is 331 g/mol. The van der Waals surface area contributed by atoms with Gasteiger partial charge in [-0.05, 0) is 54.7 Å².